The maximum absolute atomic E-state index is 12.5. The van der Waals surface area contributed by atoms with Gasteiger partial charge in [0.2, 0.25) is 0 Å². The molecule has 0 saturated carbocycles. The fourth-order valence-corrected chi connectivity index (χ4v) is 4.21. The molecular formula is C20H20N4O2S. The van der Waals surface area contributed by atoms with Crippen LogP contribution in [0.3, 0.4) is 0 Å². The van der Waals surface area contributed by atoms with E-state index in [1.54, 1.807) is 24.7 Å². The Balaban J connectivity index is 1.46. The second-order valence-electron chi connectivity index (χ2n) is 7.62. The molecule has 0 atom stereocenters. The average Bonchev–Trinajstić information content (AvgIpc) is 3.24. The molecule has 1 aliphatic carbocycles. The van der Waals surface area contributed by atoms with E-state index >= 15 is 0 Å². The molecule has 0 aliphatic heterocycles. The van der Waals surface area contributed by atoms with Gasteiger partial charge < -0.3 is 4.57 Å². The molecule has 1 N–H and O–H groups in total. The number of rotatable bonds is 4. The Morgan fingerprint density at radius 3 is 2.74 bits per heavy atom. The van der Waals surface area contributed by atoms with E-state index in [0.717, 1.165) is 17.7 Å². The van der Waals surface area contributed by atoms with Crippen LogP contribution in [0.25, 0.3) is 0 Å². The largest absolute Gasteiger partial charge is 0.333 e. The Morgan fingerprint density at radius 2 is 2.04 bits per heavy atom. The minimum atomic E-state index is -0.220. The molecule has 0 bridgehead atoms. The normalized spacial score (nSPS) is 15.4. The summed E-state index contributed by atoms with van der Waals surface area (Å²) in [7, 11) is 0. The number of carbonyl (C=O) groups is 2. The second-order valence-corrected chi connectivity index (χ2v) is 8.62. The number of aromatic nitrogens is 3. The number of ketones is 1. The Labute approximate surface area is 161 Å². The maximum atomic E-state index is 12.5. The molecule has 1 amide bonds. The zero-order valence-electron chi connectivity index (χ0n) is 15.2. The van der Waals surface area contributed by atoms with E-state index in [2.05, 4.69) is 29.1 Å². The number of hydrogen-bond donors (Lipinski definition) is 1. The third-order valence-corrected chi connectivity index (χ3v) is 5.65. The van der Waals surface area contributed by atoms with Crippen LogP contribution in [-0.2, 0) is 13.0 Å². The van der Waals surface area contributed by atoms with Gasteiger partial charge in [0.15, 0.2) is 10.9 Å². The van der Waals surface area contributed by atoms with Crippen LogP contribution in [0.1, 0.15) is 51.6 Å². The third kappa shape index (κ3) is 3.83. The van der Waals surface area contributed by atoms with Crippen LogP contribution >= 0.6 is 11.3 Å². The van der Waals surface area contributed by atoms with E-state index < -0.39 is 0 Å². The van der Waals surface area contributed by atoms with Gasteiger partial charge in [0, 0.05) is 30.9 Å². The summed E-state index contributed by atoms with van der Waals surface area (Å²) < 4.78 is 1.97. The number of benzene rings is 1. The molecule has 0 unspecified atom stereocenters. The van der Waals surface area contributed by atoms with Gasteiger partial charge in [-0.1, -0.05) is 37.3 Å². The summed E-state index contributed by atoms with van der Waals surface area (Å²) in [6.45, 7) is 4.84. The molecule has 7 heteroatoms. The van der Waals surface area contributed by atoms with Crippen molar-refractivity contribution >= 4 is 28.2 Å². The number of imidazole rings is 1. The molecule has 27 heavy (non-hydrogen) atoms. The lowest BCUT2D eigenvalue weighted by Gasteiger charge is -2.26. The molecule has 2 aromatic heterocycles. The standard InChI is InChI=1S/C20H20N4O2S/c1-20(2)9-15-17(16(25)10-20)27-19(22-15)23-18(26)14-5-3-13(4-6-14)11-24-8-7-21-12-24/h3-8,12H,9-11H2,1-2H3,(H,22,23,26). The van der Waals surface area contributed by atoms with Gasteiger partial charge in [-0.05, 0) is 29.5 Å². The Kier molecular flexibility index (Phi) is 4.39. The first-order chi connectivity index (χ1) is 12.9. The highest BCUT2D eigenvalue weighted by Crippen LogP contribution is 2.38. The highest BCUT2D eigenvalue weighted by molar-refractivity contribution is 7.17. The molecule has 4 rings (SSSR count). The molecule has 138 valence electrons. The van der Waals surface area contributed by atoms with E-state index in [4.69, 9.17) is 0 Å². The van der Waals surface area contributed by atoms with Crippen molar-refractivity contribution in [2.24, 2.45) is 5.41 Å². The quantitative estimate of drug-likeness (QED) is 0.747. The van der Waals surface area contributed by atoms with E-state index in [-0.39, 0.29) is 17.1 Å². The molecule has 0 saturated heterocycles. The van der Waals surface area contributed by atoms with Crippen molar-refractivity contribution in [2.45, 2.75) is 33.2 Å². The van der Waals surface area contributed by atoms with Gasteiger partial charge in [-0.15, -0.1) is 0 Å². The number of fused-ring (bicyclic) bond motifs is 1. The predicted octanol–water partition coefficient (Wildman–Crippen LogP) is 3.80. The number of nitrogens with one attached hydrogen (secondary N) is 1. The smallest absolute Gasteiger partial charge is 0.257 e. The average molecular weight is 380 g/mol. The SMILES string of the molecule is CC1(C)CC(=O)c2sc(NC(=O)c3ccc(Cn4ccnc4)cc3)nc2C1. The first kappa shape index (κ1) is 17.6. The van der Waals surface area contributed by atoms with Crippen molar-refractivity contribution in [3.63, 3.8) is 0 Å². The molecule has 1 aromatic carbocycles. The summed E-state index contributed by atoms with van der Waals surface area (Å²) in [5, 5.41) is 3.31. The lowest BCUT2D eigenvalue weighted by molar-refractivity contribution is 0.0915. The zero-order valence-corrected chi connectivity index (χ0v) is 16.0. The van der Waals surface area contributed by atoms with Crippen molar-refractivity contribution in [3.8, 4) is 0 Å². The van der Waals surface area contributed by atoms with Crippen LogP contribution in [-0.4, -0.2) is 26.2 Å². The van der Waals surface area contributed by atoms with Gasteiger partial charge in [0.1, 0.15) is 0 Å². The molecule has 0 spiro atoms. The number of nitrogens with zero attached hydrogens (tertiary/aromatic N) is 3. The van der Waals surface area contributed by atoms with E-state index in [1.165, 1.54) is 11.3 Å². The molecule has 2 heterocycles. The topological polar surface area (TPSA) is 76.9 Å². The van der Waals surface area contributed by atoms with Gasteiger partial charge in [-0.3, -0.25) is 14.9 Å². The summed E-state index contributed by atoms with van der Waals surface area (Å²) in [5.74, 6) is -0.106. The van der Waals surface area contributed by atoms with Crippen molar-refractivity contribution in [1.82, 2.24) is 14.5 Å². The number of carbonyl (C=O) groups excluding carboxylic acids is 2. The van der Waals surface area contributed by atoms with Gasteiger partial charge in [-0.2, -0.15) is 0 Å². The van der Waals surface area contributed by atoms with Crippen LogP contribution in [0, 0.1) is 5.41 Å². The van der Waals surface area contributed by atoms with Gasteiger partial charge in [0.05, 0.1) is 16.9 Å². The van der Waals surface area contributed by atoms with Gasteiger partial charge in [0.25, 0.3) is 5.91 Å². The van der Waals surface area contributed by atoms with Gasteiger partial charge in [-0.25, -0.2) is 9.97 Å². The third-order valence-electron chi connectivity index (χ3n) is 4.60. The van der Waals surface area contributed by atoms with E-state index in [0.29, 0.717) is 28.5 Å². The van der Waals surface area contributed by atoms with E-state index in [9.17, 15) is 9.59 Å². The second kappa shape index (κ2) is 6.74. The number of amides is 1. The van der Waals surface area contributed by atoms with E-state index in [1.807, 2.05) is 22.9 Å². The molecule has 6 nitrogen and oxygen atoms in total. The summed E-state index contributed by atoms with van der Waals surface area (Å²) >= 11 is 1.27. The summed E-state index contributed by atoms with van der Waals surface area (Å²) in [6, 6.07) is 7.44. The Hall–Kier alpha value is -2.80. The van der Waals surface area contributed by atoms with Crippen LogP contribution in [0.5, 0.6) is 0 Å². The summed E-state index contributed by atoms with van der Waals surface area (Å²) in [6.07, 6.45) is 6.67. The lowest BCUT2D eigenvalue weighted by atomic mass is 9.78. The van der Waals surface area contributed by atoms with Gasteiger partial charge >= 0.3 is 0 Å². The number of Topliss-reactive ketones (excluding diaryl/α,β-unsaturated/α-hetero) is 1. The number of anilines is 1. The monoisotopic (exact) mass is 380 g/mol. The van der Waals surface area contributed by atoms with Crippen LogP contribution < -0.4 is 5.32 Å². The predicted molar refractivity (Wildman–Crippen MR) is 104 cm³/mol. The highest BCUT2D eigenvalue weighted by Gasteiger charge is 2.34. The van der Waals surface area contributed by atoms with Crippen molar-refractivity contribution < 1.29 is 9.59 Å². The zero-order chi connectivity index (χ0) is 19.0. The van der Waals surface area contributed by atoms with Crippen LogP contribution in [0.2, 0.25) is 0 Å². The van der Waals surface area contributed by atoms with Crippen molar-refractivity contribution in [2.75, 3.05) is 5.32 Å². The van der Waals surface area contributed by atoms with Crippen molar-refractivity contribution in [1.29, 1.82) is 0 Å². The number of thiazole rings is 1. The summed E-state index contributed by atoms with van der Waals surface area (Å²) in [4.78, 5) is 34.0. The first-order valence-electron chi connectivity index (χ1n) is 8.79. The minimum Gasteiger partial charge on any atom is -0.333 e. The Morgan fingerprint density at radius 1 is 1.26 bits per heavy atom. The maximum Gasteiger partial charge on any atom is 0.257 e. The lowest BCUT2D eigenvalue weighted by Crippen LogP contribution is -2.26. The fraction of sp³-hybridized carbons (Fsp3) is 0.300. The van der Waals surface area contributed by atoms with Crippen LogP contribution in [0.15, 0.2) is 43.0 Å². The molecule has 1 aliphatic rings. The fourth-order valence-electron chi connectivity index (χ4n) is 3.30. The minimum absolute atomic E-state index is 0.0789. The summed E-state index contributed by atoms with van der Waals surface area (Å²) in [5.41, 5.74) is 2.36. The molecule has 0 fully saturated rings. The van der Waals surface area contributed by atoms with Crippen molar-refractivity contribution in [3.05, 3.63) is 64.7 Å². The van der Waals surface area contributed by atoms with Crippen LogP contribution in [0.4, 0.5) is 5.13 Å². The molecule has 3 aromatic rings. The molecular weight excluding hydrogens is 360 g/mol. The first-order valence-corrected chi connectivity index (χ1v) is 9.60. The number of hydrogen-bond acceptors (Lipinski definition) is 5. The molecule has 0 radical (unpaired) electrons. The Bertz CT molecular complexity index is 988. The highest BCUT2D eigenvalue weighted by atomic mass is 32.1.